The van der Waals surface area contributed by atoms with E-state index in [0.29, 0.717) is 12.8 Å². The average molecular weight is 246 g/mol. The van der Waals surface area contributed by atoms with Crippen LogP contribution in [-0.2, 0) is 9.59 Å². The Kier molecular flexibility index (Phi) is 1.64. The fourth-order valence-corrected chi connectivity index (χ4v) is 3.94. The number of rotatable bonds is 0. The molecular formula is C13H14N2O3. The minimum absolute atomic E-state index is 0.0645. The second-order valence-corrected chi connectivity index (χ2v) is 5.63. The zero-order valence-corrected chi connectivity index (χ0v) is 9.72. The maximum Gasteiger partial charge on any atom is 0.235 e. The smallest absolute Gasteiger partial charge is 0.235 e. The van der Waals surface area contributed by atoms with Crippen molar-refractivity contribution in [3.8, 4) is 0 Å². The Labute approximate surface area is 104 Å². The van der Waals surface area contributed by atoms with Gasteiger partial charge in [0.15, 0.2) is 0 Å². The summed E-state index contributed by atoms with van der Waals surface area (Å²) in [6.45, 7) is 0. The molecule has 5 aliphatic heterocycles. The van der Waals surface area contributed by atoms with Crippen LogP contribution in [0, 0.1) is 11.3 Å². The lowest BCUT2D eigenvalue weighted by atomic mass is 9.63. The Hall–Kier alpha value is -1.62. The Balaban J connectivity index is 2.03. The van der Waals surface area contributed by atoms with Crippen molar-refractivity contribution < 1.29 is 14.7 Å². The van der Waals surface area contributed by atoms with Gasteiger partial charge in [0.1, 0.15) is 5.41 Å². The van der Waals surface area contributed by atoms with E-state index < -0.39 is 17.1 Å². The van der Waals surface area contributed by atoms with Crippen LogP contribution in [-0.4, -0.2) is 34.6 Å². The summed E-state index contributed by atoms with van der Waals surface area (Å²) in [5.74, 6) is -0.577. The third kappa shape index (κ3) is 0.871. The van der Waals surface area contributed by atoms with Crippen LogP contribution in [0.15, 0.2) is 24.3 Å². The zero-order chi connectivity index (χ0) is 12.5. The van der Waals surface area contributed by atoms with Crippen LogP contribution in [0.1, 0.15) is 12.8 Å². The summed E-state index contributed by atoms with van der Waals surface area (Å²) >= 11 is 0. The molecule has 4 bridgehead atoms. The predicted octanol–water partition coefficient (Wildman–Crippen LogP) is -0.763. The van der Waals surface area contributed by atoms with Crippen LogP contribution >= 0.6 is 0 Å². The molecule has 0 unspecified atom stereocenters. The van der Waals surface area contributed by atoms with Crippen molar-refractivity contribution in [1.29, 1.82) is 0 Å². The Bertz CT molecular complexity index is 526. The normalized spacial score (nSPS) is 51.7. The van der Waals surface area contributed by atoms with Crippen LogP contribution < -0.4 is 10.6 Å². The molecule has 0 aromatic rings. The quantitative estimate of drug-likeness (QED) is 0.491. The standard InChI is InChI=1S/C13H14N2O3/c16-9-3-5-12-4-1-7(10(17)15-12)8-2-6-13(9,12)11(18)14-8/h1-2,4,6-9,16H,3,5H2,(H,14,18)(H,15,17)/t7-,8+,9-,12-,13-/m1/s1. The molecule has 7 aliphatic rings. The number of hydrogen-bond acceptors (Lipinski definition) is 3. The van der Waals surface area contributed by atoms with Crippen molar-refractivity contribution in [2.24, 2.45) is 11.3 Å². The molecule has 5 heterocycles. The van der Waals surface area contributed by atoms with Crippen LogP contribution in [0.2, 0.25) is 0 Å². The highest BCUT2D eigenvalue weighted by Gasteiger charge is 2.66. The molecule has 1 saturated heterocycles. The van der Waals surface area contributed by atoms with Gasteiger partial charge in [-0.2, -0.15) is 0 Å². The summed E-state index contributed by atoms with van der Waals surface area (Å²) in [5.41, 5.74) is -1.80. The number of amides is 2. The maximum atomic E-state index is 12.4. The van der Waals surface area contributed by atoms with Gasteiger partial charge in [-0.3, -0.25) is 9.59 Å². The molecule has 0 aromatic carbocycles. The van der Waals surface area contributed by atoms with Gasteiger partial charge in [-0.05, 0) is 12.8 Å². The van der Waals surface area contributed by atoms with Gasteiger partial charge < -0.3 is 15.7 Å². The van der Waals surface area contributed by atoms with E-state index >= 15 is 0 Å². The number of aliphatic hydroxyl groups excluding tert-OH is 1. The highest BCUT2D eigenvalue weighted by Crippen LogP contribution is 2.53. The van der Waals surface area contributed by atoms with Crippen molar-refractivity contribution in [3.63, 3.8) is 0 Å². The van der Waals surface area contributed by atoms with Crippen molar-refractivity contribution in [2.45, 2.75) is 30.5 Å². The van der Waals surface area contributed by atoms with Gasteiger partial charge in [0.25, 0.3) is 0 Å². The molecule has 94 valence electrons. The summed E-state index contributed by atoms with van der Waals surface area (Å²) in [5, 5.41) is 16.1. The van der Waals surface area contributed by atoms with Gasteiger partial charge in [0.2, 0.25) is 11.8 Å². The lowest BCUT2D eigenvalue weighted by molar-refractivity contribution is -0.143. The highest BCUT2D eigenvalue weighted by atomic mass is 16.3. The summed E-state index contributed by atoms with van der Waals surface area (Å²) in [4.78, 5) is 24.6. The fourth-order valence-electron chi connectivity index (χ4n) is 3.94. The van der Waals surface area contributed by atoms with E-state index in [-0.39, 0.29) is 23.8 Å². The Morgan fingerprint density at radius 1 is 1.28 bits per heavy atom. The zero-order valence-electron chi connectivity index (χ0n) is 9.72. The first-order chi connectivity index (χ1) is 8.59. The Morgan fingerprint density at radius 3 is 2.83 bits per heavy atom. The van der Waals surface area contributed by atoms with Crippen LogP contribution in [0.25, 0.3) is 0 Å². The fraction of sp³-hybridized carbons (Fsp3) is 0.538. The third-order valence-corrected chi connectivity index (χ3v) is 4.94. The maximum absolute atomic E-state index is 12.4. The summed E-state index contributed by atoms with van der Waals surface area (Å²) < 4.78 is 0. The van der Waals surface area contributed by atoms with Gasteiger partial charge in [-0.1, -0.05) is 24.3 Å². The number of aliphatic hydroxyl groups is 1. The summed E-state index contributed by atoms with van der Waals surface area (Å²) in [7, 11) is 0. The van der Waals surface area contributed by atoms with E-state index in [1.165, 1.54) is 0 Å². The average Bonchev–Trinajstić information content (AvgIpc) is 2.54. The molecular weight excluding hydrogens is 232 g/mol. The van der Waals surface area contributed by atoms with Gasteiger partial charge in [-0.15, -0.1) is 0 Å². The van der Waals surface area contributed by atoms with Gasteiger partial charge >= 0.3 is 0 Å². The molecule has 1 saturated carbocycles. The molecule has 3 N–H and O–H groups in total. The molecule has 7 rings (SSSR count). The van der Waals surface area contributed by atoms with Gasteiger partial charge in [0.05, 0.1) is 23.6 Å². The SMILES string of the molecule is O=C1N[C@@]23C=C[C@@H]1[C@@H]1C=C[C@]2(C(=O)N1)[C@H](O)CC3. The van der Waals surface area contributed by atoms with E-state index in [1.54, 1.807) is 0 Å². The topological polar surface area (TPSA) is 78.4 Å². The minimum atomic E-state index is -1.04. The van der Waals surface area contributed by atoms with Crippen LogP contribution in [0.5, 0.6) is 0 Å². The number of hydrogen-bond donors (Lipinski definition) is 3. The second-order valence-electron chi connectivity index (χ2n) is 5.63. The molecule has 0 radical (unpaired) electrons. The second kappa shape index (κ2) is 2.85. The molecule has 5 heteroatoms. The van der Waals surface area contributed by atoms with Crippen molar-refractivity contribution >= 4 is 11.8 Å². The van der Waals surface area contributed by atoms with E-state index in [2.05, 4.69) is 10.6 Å². The van der Waals surface area contributed by atoms with E-state index in [0.717, 1.165) is 0 Å². The Morgan fingerprint density at radius 2 is 2.11 bits per heavy atom. The van der Waals surface area contributed by atoms with Crippen molar-refractivity contribution in [1.82, 2.24) is 10.6 Å². The van der Waals surface area contributed by atoms with Gasteiger partial charge in [-0.25, -0.2) is 0 Å². The molecule has 2 aliphatic carbocycles. The molecule has 5 atom stereocenters. The lowest BCUT2D eigenvalue weighted by Gasteiger charge is -2.51. The third-order valence-electron chi connectivity index (χ3n) is 4.94. The molecule has 18 heavy (non-hydrogen) atoms. The predicted molar refractivity (Wildman–Crippen MR) is 62.2 cm³/mol. The highest BCUT2D eigenvalue weighted by molar-refractivity contribution is 5.96. The van der Waals surface area contributed by atoms with E-state index in [4.69, 9.17) is 0 Å². The van der Waals surface area contributed by atoms with Crippen molar-refractivity contribution in [2.75, 3.05) is 0 Å². The number of nitrogens with one attached hydrogen (secondary N) is 2. The molecule has 2 fully saturated rings. The number of carbonyl (C=O) groups excluding carboxylic acids is 2. The van der Waals surface area contributed by atoms with Crippen molar-refractivity contribution in [3.05, 3.63) is 24.3 Å². The first kappa shape index (κ1) is 10.3. The first-order valence-electron chi connectivity index (χ1n) is 6.29. The van der Waals surface area contributed by atoms with Gasteiger partial charge in [0, 0.05) is 0 Å². The first-order valence-corrected chi connectivity index (χ1v) is 6.29. The summed E-state index contributed by atoms with van der Waals surface area (Å²) in [6, 6.07) is -0.300. The lowest BCUT2D eigenvalue weighted by Crippen LogP contribution is -2.72. The number of carbonyl (C=O) groups is 2. The summed E-state index contributed by atoms with van der Waals surface area (Å²) in [6.07, 6.45) is 7.81. The molecule has 5 nitrogen and oxygen atoms in total. The largest absolute Gasteiger partial charge is 0.392 e. The molecule has 0 aromatic heterocycles. The monoisotopic (exact) mass is 246 g/mol. The molecule has 2 spiro atoms. The van der Waals surface area contributed by atoms with Crippen LogP contribution in [0.4, 0.5) is 0 Å². The van der Waals surface area contributed by atoms with Crippen LogP contribution in [0.3, 0.4) is 0 Å². The van der Waals surface area contributed by atoms with E-state index in [9.17, 15) is 14.7 Å². The minimum Gasteiger partial charge on any atom is -0.392 e. The van der Waals surface area contributed by atoms with E-state index in [1.807, 2.05) is 24.3 Å². The molecule has 2 amide bonds.